The lowest BCUT2D eigenvalue weighted by Gasteiger charge is -2.18. The van der Waals surface area contributed by atoms with Crippen molar-refractivity contribution >= 4 is 17.5 Å². The number of aryl methyl sites for hydroxylation is 1. The zero-order valence-corrected chi connectivity index (χ0v) is 10.1. The van der Waals surface area contributed by atoms with E-state index in [0.29, 0.717) is 13.1 Å². The molecule has 0 unspecified atom stereocenters. The molecule has 1 aromatic rings. The molecule has 1 aromatic carbocycles. The molecule has 92 valence electrons. The monoisotopic (exact) mass is 235 g/mol. The van der Waals surface area contributed by atoms with Gasteiger partial charge in [0.05, 0.1) is 0 Å². The molecule has 17 heavy (non-hydrogen) atoms. The van der Waals surface area contributed by atoms with Gasteiger partial charge in [0.1, 0.15) is 0 Å². The Balaban J connectivity index is 2.76. The number of hydrogen-bond donors (Lipinski definition) is 2. The first-order chi connectivity index (χ1) is 8.07. The maximum Gasteiger partial charge on any atom is 0.316 e. The largest absolute Gasteiger partial charge is 0.347 e. The lowest BCUT2D eigenvalue weighted by Crippen LogP contribution is -2.42. The second-order valence-corrected chi connectivity index (χ2v) is 3.70. The van der Waals surface area contributed by atoms with Crippen molar-refractivity contribution in [3.63, 3.8) is 0 Å². The van der Waals surface area contributed by atoms with Gasteiger partial charge in [0.25, 0.3) is 0 Å². The van der Waals surface area contributed by atoms with Gasteiger partial charge in [-0.25, -0.2) is 0 Å². The number of nitrogens with zero attached hydrogens (tertiary/aromatic N) is 1. The highest BCUT2D eigenvalue weighted by atomic mass is 16.2. The number of amides is 2. The average Bonchev–Trinajstić information content (AvgIpc) is 2.34. The van der Waals surface area contributed by atoms with Gasteiger partial charge in [-0.3, -0.25) is 9.59 Å². The SMILES string of the molecule is Cc1ccccc1N(C)C(=O)C(=O)NCCN. The predicted molar refractivity (Wildman–Crippen MR) is 66.7 cm³/mol. The molecule has 0 saturated heterocycles. The van der Waals surface area contributed by atoms with Crippen molar-refractivity contribution in [2.24, 2.45) is 5.73 Å². The van der Waals surface area contributed by atoms with E-state index in [2.05, 4.69) is 5.32 Å². The van der Waals surface area contributed by atoms with Gasteiger partial charge >= 0.3 is 11.8 Å². The van der Waals surface area contributed by atoms with E-state index in [1.54, 1.807) is 13.1 Å². The van der Waals surface area contributed by atoms with Crippen LogP contribution in [0, 0.1) is 6.92 Å². The van der Waals surface area contributed by atoms with Crippen molar-refractivity contribution in [2.45, 2.75) is 6.92 Å². The van der Waals surface area contributed by atoms with E-state index in [4.69, 9.17) is 5.73 Å². The van der Waals surface area contributed by atoms with Gasteiger partial charge in [0.15, 0.2) is 0 Å². The quantitative estimate of drug-likeness (QED) is 0.726. The molecule has 0 spiro atoms. The van der Waals surface area contributed by atoms with Crippen LogP contribution in [0.3, 0.4) is 0 Å². The van der Waals surface area contributed by atoms with Crippen LogP contribution < -0.4 is 16.0 Å². The summed E-state index contributed by atoms with van der Waals surface area (Å²) in [6, 6.07) is 7.38. The Morgan fingerprint density at radius 2 is 2.00 bits per heavy atom. The predicted octanol–water partition coefficient (Wildman–Crippen LogP) is 0.0327. The number of carbonyl (C=O) groups excluding carboxylic acids is 2. The number of anilines is 1. The molecule has 0 aliphatic rings. The fraction of sp³-hybridized carbons (Fsp3) is 0.333. The van der Waals surface area contributed by atoms with Crippen LogP contribution in [0.5, 0.6) is 0 Å². The summed E-state index contributed by atoms with van der Waals surface area (Å²) in [5.74, 6) is -1.23. The molecule has 0 aromatic heterocycles. The summed E-state index contributed by atoms with van der Waals surface area (Å²) in [6.45, 7) is 2.50. The molecule has 0 saturated carbocycles. The Morgan fingerprint density at radius 1 is 1.35 bits per heavy atom. The van der Waals surface area contributed by atoms with Gasteiger partial charge in [-0.05, 0) is 18.6 Å². The van der Waals surface area contributed by atoms with E-state index < -0.39 is 11.8 Å². The van der Waals surface area contributed by atoms with Crippen LogP contribution in [-0.4, -0.2) is 32.0 Å². The fourth-order valence-corrected chi connectivity index (χ4v) is 1.46. The highest BCUT2D eigenvalue weighted by Gasteiger charge is 2.19. The van der Waals surface area contributed by atoms with Gasteiger partial charge in [-0.2, -0.15) is 0 Å². The highest BCUT2D eigenvalue weighted by Crippen LogP contribution is 2.17. The molecule has 0 bridgehead atoms. The van der Waals surface area contributed by atoms with Crippen LogP contribution in [0.15, 0.2) is 24.3 Å². The van der Waals surface area contributed by atoms with Crippen molar-refractivity contribution in [1.82, 2.24) is 5.32 Å². The number of nitrogens with one attached hydrogen (secondary N) is 1. The van der Waals surface area contributed by atoms with E-state index >= 15 is 0 Å². The van der Waals surface area contributed by atoms with Crippen LogP contribution in [0.2, 0.25) is 0 Å². The van der Waals surface area contributed by atoms with E-state index in [1.165, 1.54) is 4.90 Å². The third-order valence-electron chi connectivity index (χ3n) is 2.41. The first-order valence-electron chi connectivity index (χ1n) is 5.39. The van der Waals surface area contributed by atoms with Crippen molar-refractivity contribution in [3.8, 4) is 0 Å². The smallest absolute Gasteiger partial charge is 0.316 e. The van der Waals surface area contributed by atoms with E-state index in [9.17, 15) is 9.59 Å². The third kappa shape index (κ3) is 3.29. The topological polar surface area (TPSA) is 75.4 Å². The summed E-state index contributed by atoms with van der Waals surface area (Å²) >= 11 is 0. The van der Waals surface area contributed by atoms with Crippen LogP contribution in [0.1, 0.15) is 5.56 Å². The maximum atomic E-state index is 11.8. The Kier molecular flexibility index (Phi) is 4.66. The molecule has 2 amide bonds. The number of carbonyl (C=O) groups is 2. The van der Waals surface area contributed by atoms with Crippen molar-refractivity contribution < 1.29 is 9.59 Å². The van der Waals surface area contributed by atoms with E-state index in [-0.39, 0.29) is 0 Å². The zero-order valence-electron chi connectivity index (χ0n) is 10.1. The molecule has 0 radical (unpaired) electrons. The van der Waals surface area contributed by atoms with Crippen LogP contribution in [0.4, 0.5) is 5.69 Å². The van der Waals surface area contributed by atoms with Gasteiger partial charge in [-0.1, -0.05) is 18.2 Å². The van der Waals surface area contributed by atoms with Gasteiger partial charge in [0, 0.05) is 25.8 Å². The first-order valence-corrected chi connectivity index (χ1v) is 5.39. The van der Waals surface area contributed by atoms with Crippen molar-refractivity contribution in [1.29, 1.82) is 0 Å². The van der Waals surface area contributed by atoms with Crippen LogP contribution >= 0.6 is 0 Å². The lowest BCUT2D eigenvalue weighted by molar-refractivity contribution is -0.137. The average molecular weight is 235 g/mol. The summed E-state index contributed by atoms with van der Waals surface area (Å²) in [6.07, 6.45) is 0. The lowest BCUT2D eigenvalue weighted by atomic mass is 10.2. The Morgan fingerprint density at radius 3 is 2.59 bits per heavy atom. The Hall–Kier alpha value is -1.88. The van der Waals surface area contributed by atoms with Gasteiger partial charge < -0.3 is 16.0 Å². The second kappa shape index (κ2) is 6.00. The number of likely N-dealkylation sites (N-methyl/N-ethyl adjacent to an activating group) is 1. The summed E-state index contributed by atoms with van der Waals surface area (Å²) < 4.78 is 0. The summed E-state index contributed by atoms with van der Waals surface area (Å²) in [4.78, 5) is 24.6. The molecule has 0 fully saturated rings. The molecular weight excluding hydrogens is 218 g/mol. The van der Waals surface area contributed by atoms with Gasteiger partial charge in [-0.15, -0.1) is 0 Å². The number of nitrogens with two attached hydrogens (primary N) is 1. The normalized spacial score (nSPS) is 9.82. The molecule has 0 aliphatic carbocycles. The van der Waals surface area contributed by atoms with Crippen LogP contribution in [0.25, 0.3) is 0 Å². The molecule has 3 N–H and O–H groups in total. The molecule has 5 heteroatoms. The standard InChI is InChI=1S/C12H17N3O2/c1-9-5-3-4-6-10(9)15(2)12(17)11(16)14-8-7-13/h3-6H,7-8,13H2,1-2H3,(H,14,16). The van der Waals surface area contributed by atoms with E-state index in [0.717, 1.165) is 11.3 Å². The molecule has 0 atom stereocenters. The van der Waals surface area contributed by atoms with Crippen molar-refractivity contribution in [3.05, 3.63) is 29.8 Å². The summed E-state index contributed by atoms with van der Waals surface area (Å²) in [5.41, 5.74) is 6.91. The molecule has 0 heterocycles. The number of hydrogen-bond acceptors (Lipinski definition) is 3. The second-order valence-electron chi connectivity index (χ2n) is 3.70. The summed E-state index contributed by atoms with van der Waals surface area (Å²) in [7, 11) is 1.58. The Labute approximate surface area is 101 Å². The number of rotatable bonds is 3. The maximum absolute atomic E-state index is 11.8. The third-order valence-corrected chi connectivity index (χ3v) is 2.41. The van der Waals surface area contributed by atoms with E-state index in [1.807, 2.05) is 25.1 Å². The molecular formula is C12H17N3O2. The molecule has 0 aliphatic heterocycles. The minimum Gasteiger partial charge on any atom is -0.347 e. The zero-order chi connectivity index (χ0) is 12.8. The fourth-order valence-electron chi connectivity index (χ4n) is 1.46. The molecule has 1 rings (SSSR count). The van der Waals surface area contributed by atoms with Gasteiger partial charge in [0.2, 0.25) is 0 Å². The highest BCUT2D eigenvalue weighted by molar-refractivity contribution is 6.40. The number of para-hydroxylation sites is 1. The van der Waals surface area contributed by atoms with Crippen molar-refractivity contribution in [2.75, 3.05) is 25.0 Å². The minimum atomic E-state index is -0.638. The Bertz CT molecular complexity index is 418. The van der Waals surface area contributed by atoms with Crippen LogP contribution in [-0.2, 0) is 9.59 Å². The number of benzene rings is 1. The summed E-state index contributed by atoms with van der Waals surface area (Å²) in [5, 5.41) is 2.45. The minimum absolute atomic E-state index is 0.298. The molecule has 5 nitrogen and oxygen atoms in total. The first kappa shape index (κ1) is 13.2.